The molecule has 2 N–H and O–H groups in total. The third-order valence-electron chi connectivity index (χ3n) is 4.39. The highest BCUT2D eigenvalue weighted by Crippen LogP contribution is 2.29. The van der Waals surface area contributed by atoms with Crippen LogP contribution < -0.4 is 0 Å². The van der Waals surface area contributed by atoms with Gasteiger partial charge in [0.25, 0.3) is 0 Å². The van der Waals surface area contributed by atoms with E-state index in [0.717, 1.165) is 6.26 Å². The van der Waals surface area contributed by atoms with E-state index in [1.54, 1.807) is 0 Å². The number of carbonyl (C=O) groups is 1. The summed E-state index contributed by atoms with van der Waals surface area (Å²) in [5.41, 5.74) is 0.291. The first-order chi connectivity index (χ1) is 13.3. The third kappa shape index (κ3) is 4.11. The zero-order chi connectivity index (χ0) is 20.3. The summed E-state index contributed by atoms with van der Waals surface area (Å²) in [6.07, 6.45) is 5.51. The Kier molecular flexibility index (Phi) is 5.87. The fourth-order valence-corrected chi connectivity index (χ4v) is 4.26. The minimum atomic E-state index is -3.66. The van der Waals surface area contributed by atoms with Crippen LogP contribution in [0, 0.1) is 0 Å². The first-order valence-corrected chi connectivity index (χ1v) is 9.96. The first-order valence-electron chi connectivity index (χ1n) is 8.52. The van der Waals surface area contributed by atoms with Gasteiger partial charge in [-0.25, -0.2) is 13.2 Å². The van der Waals surface area contributed by atoms with E-state index in [1.807, 2.05) is 0 Å². The van der Waals surface area contributed by atoms with E-state index in [-0.39, 0.29) is 29.3 Å². The van der Waals surface area contributed by atoms with Gasteiger partial charge in [-0.1, -0.05) is 12.7 Å². The van der Waals surface area contributed by atoms with E-state index >= 15 is 0 Å². The van der Waals surface area contributed by atoms with E-state index < -0.39 is 29.2 Å². The summed E-state index contributed by atoms with van der Waals surface area (Å²) in [7, 11) is -4.76. The Labute approximate surface area is 162 Å². The number of hydrogen-bond acceptors (Lipinski definition) is 7. The van der Waals surface area contributed by atoms with Gasteiger partial charge in [0.1, 0.15) is 28.6 Å². The molecule has 3 heterocycles. The molecule has 0 aromatic carbocycles. The number of carboxylic acids is 1. The van der Waals surface area contributed by atoms with Crippen molar-refractivity contribution >= 4 is 23.1 Å². The molecule has 11 heteroatoms. The van der Waals surface area contributed by atoms with E-state index in [2.05, 4.69) is 11.6 Å². The molecule has 148 valence electrons. The molecule has 2 aliphatic heterocycles. The van der Waals surface area contributed by atoms with Gasteiger partial charge in [-0.15, -0.1) is 0 Å². The minimum absolute atomic E-state index is 0.000381. The predicted octanol–water partition coefficient (Wildman–Crippen LogP) is 0.780. The molecular formula is C17H19BN2O7S. The smallest absolute Gasteiger partial charge is 0.522 e. The average molecular weight is 406 g/mol. The second-order valence-electron chi connectivity index (χ2n) is 6.28. The quantitative estimate of drug-likeness (QED) is 0.387. The van der Waals surface area contributed by atoms with Crippen molar-refractivity contribution in [2.75, 3.05) is 13.1 Å². The summed E-state index contributed by atoms with van der Waals surface area (Å²) in [6.45, 7) is 3.79. The lowest BCUT2D eigenvalue weighted by molar-refractivity contribution is -0.132. The van der Waals surface area contributed by atoms with Gasteiger partial charge in [-0.2, -0.15) is 4.31 Å². The molecule has 0 saturated carbocycles. The predicted molar refractivity (Wildman–Crippen MR) is 99.3 cm³/mol. The summed E-state index contributed by atoms with van der Waals surface area (Å²) in [5.74, 6) is -1.29. The fourth-order valence-electron chi connectivity index (χ4n) is 2.79. The normalized spacial score (nSPS) is 19.0. The van der Waals surface area contributed by atoms with Crippen LogP contribution in [0.15, 0.2) is 65.2 Å². The monoisotopic (exact) mass is 406 g/mol. The number of carboxylic acid groups (broad SMARTS) is 1. The topological polar surface area (TPSA) is 126 Å². The number of sulfonamides is 1. The molecule has 2 aliphatic rings. The summed E-state index contributed by atoms with van der Waals surface area (Å²) >= 11 is 0. The second kappa shape index (κ2) is 8.17. The summed E-state index contributed by atoms with van der Waals surface area (Å²) in [5, 5.41) is 19.1. The van der Waals surface area contributed by atoms with E-state index in [9.17, 15) is 23.3 Å². The molecule has 0 spiro atoms. The Bertz CT molecular complexity index is 924. The van der Waals surface area contributed by atoms with Crippen LogP contribution in [-0.4, -0.2) is 60.1 Å². The maximum Gasteiger partial charge on any atom is 0.522 e. The van der Waals surface area contributed by atoms with Crippen LogP contribution in [0.1, 0.15) is 6.42 Å². The molecule has 0 aliphatic carbocycles. The van der Waals surface area contributed by atoms with E-state index in [4.69, 9.17) is 9.39 Å². The van der Waals surface area contributed by atoms with E-state index in [1.165, 1.54) is 34.9 Å². The standard InChI is InChI=1S/C17H19BN2O7S/c1-2-12-5-6-18(23)27-16(12)15(17(21)22)11-26-13-9-20(10-13)28(24,25)14-4-3-7-19-8-14/h2-4,7-8,11,13,23H,1,5-6,9-10H2,(H,21,22)/b15-11-. The van der Waals surface area contributed by atoms with Gasteiger partial charge in [-0.05, 0) is 30.4 Å². The highest BCUT2D eigenvalue weighted by atomic mass is 32.2. The number of ether oxygens (including phenoxy) is 1. The molecule has 3 rings (SSSR count). The van der Waals surface area contributed by atoms with Gasteiger partial charge in [0.05, 0.1) is 13.1 Å². The molecule has 28 heavy (non-hydrogen) atoms. The van der Waals surface area contributed by atoms with Crippen molar-refractivity contribution in [1.29, 1.82) is 0 Å². The zero-order valence-corrected chi connectivity index (χ0v) is 15.7. The molecule has 0 bridgehead atoms. The van der Waals surface area contributed by atoms with Crippen molar-refractivity contribution in [2.45, 2.75) is 23.7 Å². The molecule has 1 aromatic rings. The lowest BCUT2D eigenvalue weighted by atomic mass is 9.78. The number of aliphatic carboxylic acids is 1. The molecule has 1 saturated heterocycles. The van der Waals surface area contributed by atoms with Crippen LogP contribution in [0.3, 0.4) is 0 Å². The van der Waals surface area contributed by atoms with Crippen LogP contribution in [0.2, 0.25) is 6.32 Å². The van der Waals surface area contributed by atoms with Gasteiger partial charge in [0, 0.05) is 12.4 Å². The molecule has 9 nitrogen and oxygen atoms in total. The average Bonchev–Trinajstić information content (AvgIpc) is 2.63. The van der Waals surface area contributed by atoms with Crippen LogP contribution in [-0.2, 0) is 24.2 Å². The van der Waals surface area contributed by atoms with Gasteiger partial charge < -0.3 is 19.5 Å². The molecule has 1 fully saturated rings. The van der Waals surface area contributed by atoms with Crippen molar-refractivity contribution in [1.82, 2.24) is 9.29 Å². The van der Waals surface area contributed by atoms with Crippen molar-refractivity contribution < 1.29 is 32.7 Å². The molecule has 0 unspecified atom stereocenters. The minimum Gasteiger partial charge on any atom is -0.535 e. The Morgan fingerprint density at radius 2 is 2.21 bits per heavy atom. The van der Waals surface area contributed by atoms with Crippen molar-refractivity contribution in [2.24, 2.45) is 0 Å². The van der Waals surface area contributed by atoms with E-state index in [0.29, 0.717) is 18.3 Å². The largest absolute Gasteiger partial charge is 0.535 e. The molecule has 0 amide bonds. The Hall–Kier alpha value is -2.63. The first kappa shape index (κ1) is 20.1. The highest BCUT2D eigenvalue weighted by Gasteiger charge is 2.38. The summed E-state index contributed by atoms with van der Waals surface area (Å²) < 4.78 is 36.8. The lowest BCUT2D eigenvalue weighted by Gasteiger charge is -2.37. The van der Waals surface area contributed by atoms with Crippen molar-refractivity contribution in [3.63, 3.8) is 0 Å². The zero-order valence-electron chi connectivity index (χ0n) is 14.9. The molecular weight excluding hydrogens is 387 g/mol. The second-order valence-corrected chi connectivity index (χ2v) is 8.21. The van der Waals surface area contributed by atoms with Gasteiger partial charge in [-0.3, -0.25) is 4.98 Å². The maximum absolute atomic E-state index is 12.4. The molecule has 0 radical (unpaired) electrons. The molecule has 0 atom stereocenters. The van der Waals surface area contributed by atoms with Crippen LogP contribution >= 0.6 is 0 Å². The fraction of sp³-hybridized carbons (Fsp3) is 0.294. The maximum atomic E-state index is 12.4. The molecule has 1 aromatic heterocycles. The van der Waals surface area contributed by atoms with Crippen LogP contribution in [0.4, 0.5) is 0 Å². The summed E-state index contributed by atoms with van der Waals surface area (Å²) in [6, 6.07) is 2.99. The van der Waals surface area contributed by atoms with Gasteiger partial charge in [0.15, 0.2) is 0 Å². The van der Waals surface area contributed by atoms with Crippen LogP contribution in [0.25, 0.3) is 0 Å². The SMILES string of the molecule is C=CC1=C(/C(=C/OC2CN(S(=O)(=O)c3cccnc3)C2)C(=O)O)OB(O)CC1. The summed E-state index contributed by atoms with van der Waals surface area (Å²) in [4.78, 5) is 15.5. The Morgan fingerprint density at radius 3 is 2.82 bits per heavy atom. The number of nitrogens with zero attached hydrogens (tertiary/aromatic N) is 2. The van der Waals surface area contributed by atoms with Crippen molar-refractivity contribution in [3.05, 3.63) is 60.3 Å². The third-order valence-corrected chi connectivity index (χ3v) is 6.21. The Morgan fingerprint density at radius 1 is 1.46 bits per heavy atom. The Balaban J connectivity index is 1.69. The number of rotatable bonds is 7. The lowest BCUT2D eigenvalue weighted by Crippen LogP contribution is -2.54. The number of pyridine rings is 1. The number of hydrogen-bond donors (Lipinski definition) is 2. The van der Waals surface area contributed by atoms with Gasteiger partial charge in [0.2, 0.25) is 10.0 Å². The number of allylic oxidation sites excluding steroid dienone is 2. The number of aromatic nitrogens is 1. The van der Waals surface area contributed by atoms with Crippen LogP contribution in [0.5, 0.6) is 0 Å². The highest BCUT2D eigenvalue weighted by molar-refractivity contribution is 7.89. The van der Waals surface area contributed by atoms with Gasteiger partial charge >= 0.3 is 13.1 Å². The van der Waals surface area contributed by atoms with Crippen molar-refractivity contribution in [3.8, 4) is 0 Å².